The third-order valence-corrected chi connectivity index (χ3v) is 2.34. The summed E-state index contributed by atoms with van der Waals surface area (Å²) in [6.07, 6.45) is 5.18. The van der Waals surface area contributed by atoms with Crippen molar-refractivity contribution in [2.24, 2.45) is 0 Å². The number of hydrogen-bond acceptors (Lipinski definition) is 2. The maximum Gasteiger partial charge on any atom is 0.227 e. The number of ether oxygens (including phenoxy) is 1. The summed E-state index contributed by atoms with van der Waals surface area (Å²) in [5.41, 5.74) is 0.515. The number of benzene rings is 1. The smallest absolute Gasteiger partial charge is 0.227 e. The van der Waals surface area contributed by atoms with Crippen LogP contribution in [0.4, 0.5) is 4.39 Å². The Morgan fingerprint density at radius 3 is 2.88 bits per heavy atom. The first-order valence-corrected chi connectivity index (χ1v) is 5.08. The van der Waals surface area contributed by atoms with E-state index in [-0.39, 0.29) is 18.9 Å². The van der Waals surface area contributed by atoms with Crippen LogP contribution < -0.4 is 4.74 Å². The van der Waals surface area contributed by atoms with E-state index in [1.807, 2.05) is 0 Å². The largest absolute Gasteiger partial charge is 0.496 e. The van der Waals surface area contributed by atoms with Crippen molar-refractivity contribution in [1.29, 1.82) is 0 Å². The number of rotatable bonds is 4. The predicted molar refractivity (Wildman–Crippen MR) is 63.1 cm³/mol. The van der Waals surface area contributed by atoms with Gasteiger partial charge in [0.15, 0.2) is 0 Å². The molecule has 0 unspecified atom stereocenters. The molecule has 0 aromatic heterocycles. The lowest BCUT2D eigenvalue weighted by molar-refractivity contribution is -0.128. The van der Waals surface area contributed by atoms with Crippen LogP contribution in [-0.2, 0) is 11.2 Å². The first-order chi connectivity index (χ1) is 8.08. The van der Waals surface area contributed by atoms with Crippen LogP contribution in [0.25, 0.3) is 0 Å². The number of likely N-dealkylation sites (N-methyl/N-ethyl adjacent to an activating group) is 1. The summed E-state index contributed by atoms with van der Waals surface area (Å²) in [4.78, 5) is 13.1. The van der Waals surface area contributed by atoms with Gasteiger partial charge in [0.2, 0.25) is 5.91 Å². The average molecular weight is 235 g/mol. The fraction of sp³-hybridized carbons (Fsp3) is 0.308. The van der Waals surface area contributed by atoms with Crippen molar-refractivity contribution in [3.8, 4) is 18.1 Å². The number of methoxy groups -OCH3 is 1. The second kappa shape index (κ2) is 5.90. The zero-order chi connectivity index (χ0) is 12.8. The normalized spacial score (nSPS) is 9.53. The highest BCUT2D eigenvalue weighted by Gasteiger charge is 2.12. The number of nitrogens with zero attached hydrogens (tertiary/aromatic N) is 1. The minimum Gasteiger partial charge on any atom is -0.496 e. The first-order valence-electron chi connectivity index (χ1n) is 5.08. The van der Waals surface area contributed by atoms with E-state index in [2.05, 4.69) is 5.92 Å². The van der Waals surface area contributed by atoms with Gasteiger partial charge in [-0.15, -0.1) is 6.42 Å². The van der Waals surface area contributed by atoms with Gasteiger partial charge in [-0.2, -0.15) is 0 Å². The molecule has 1 rings (SSSR count). The lowest BCUT2D eigenvalue weighted by atomic mass is 10.1. The molecule has 0 fully saturated rings. The van der Waals surface area contributed by atoms with E-state index in [0.717, 1.165) is 0 Å². The minimum absolute atomic E-state index is 0.0686. The van der Waals surface area contributed by atoms with Crippen LogP contribution in [0.2, 0.25) is 0 Å². The summed E-state index contributed by atoms with van der Waals surface area (Å²) in [6, 6.07) is 4.08. The van der Waals surface area contributed by atoms with E-state index >= 15 is 0 Å². The van der Waals surface area contributed by atoms with Gasteiger partial charge >= 0.3 is 0 Å². The van der Waals surface area contributed by atoms with E-state index in [9.17, 15) is 9.18 Å². The molecule has 0 saturated carbocycles. The number of halogens is 1. The van der Waals surface area contributed by atoms with Crippen LogP contribution in [-0.4, -0.2) is 31.5 Å². The standard InChI is InChI=1S/C13H14FNO2/c1-4-7-15(2)13(16)9-10-8-11(14)5-6-12(10)17-3/h1,5-6,8H,7,9H2,2-3H3. The molecule has 1 amide bonds. The molecule has 4 heteroatoms. The van der Waals surface area contributed by atoms with Crippen molar-refractivity contribution < 1.29 is 13.9 Å². The Hall–Kier alpha value is -2.02. The molecule has 0 atom stereocenters. The molecule has 3 nitrogen and oxygen atoms in total. The van der Waals surface area contributed by atoms with Crippen LogP contribution in [0.3, 0.4) is 0 Å². The Labute approximate surface area is 100 Å². The van der Waals surface area contributed by atoms with Gasteiger partial charge in [-0.05, 0) is 18.2 Å². The van der Waals surface area contributed by atoms with Gasteiger partial charge in [-0.3, -0.25) is 4.79 Å². The summed E-state index contributed by atoms with van der Waals surface area (Å²) in [6.45, 7) is 0.233. The summed E-state index contributed by atoms with van der Waals surface area (Å²) in [7, 11) is 3.08. The number of carbonyl (C=O) groups is 1. The summed E-state index contributed by atoms with van der Waals surface area (Å²) in [5, 5.41) is 0. The fourth-order valence-electron chi connectivity index (χ4n) is 1.41. The fourth-order valence-corrected chi connectivity index (χ4v) is 1.41. The van der Waals surface area contributed by atoms with E-state index in [4.69, 9.17) is 11.2 Å². The summed E-state index contributed by atoms with van der Waals surface area (Å²) >= 11 is 0. The second-order valence-corrected chi connectivity index (χ2v) is 3.59. The van der Waals surface area contributed by atoms with Gasteiger partial charge in [0, 0.05) is 12.6 Å². The summed E-state index contributed by atoms with van der Waals surface area (Å²) in [5.74, 6) is 2.30. The molecule has 1 aromatic rings. The van der Waals surface area contributed by atoms with Crippen molar-refractivity contribution in [3.63, 3.8) is 0 Å². The van der Waals surface area contributed by atoms with Crippen molar-refractivity contribution in [2.75, 3.05) is 20.7 Å². The van der Waals surface area contributed by atoms with E-state index in [1.165, 1.54) is 30.2 Å². The highest BCUT2D eigenvalue weighted by atomic mass is 19.1. The molecule has 0 spiro atoms. The number of amides is 1. The lowest BCUT2D eigenvalue weighted by Crippen LogP contribution is -2.28. The van der Waals surface area contributed by atoms with Gasteiger partial charge in [-0.25, -0.2) is 4.39 Å². The maximum absolute atomic E-state index is 13.1. The van der Waals surface area contributed by atoms with Crippen LogP contribution in [0.1, 0.15) is 5.56 Å². The van der Waals surface area contributed by atoms with Crippen molar-refractivity contribution >= 4 is 5.91 Å². The monoisotopic (exact) mass is 235 g/mol. The van der Waals surface area contributed by atoms with Crippen molar-refractivity contribution in [1.82, 2.24) is 4.90 Å². The van der Waals surface area contributed by atoms with Crippen LogP contribution >= 0.6 is 0 Å². The molecular weight excluding hydrogens is 221 g/mol. The van der Waals surface area contributed by atoms with E-state index in [1.54, 1.807) is 7.05 Å². The molecule has 0 aliphatic carbocycles. The zero-order valence-corrected chi connectivity index (χ0v) is 9.87. The van der Waals surface area contributed by atoms with Crippen LogP contribution in [0.5, 0.6) is 5.75 Å². The first kappa shape index (κ1) is 13.0. The number of hydrogen-bond donors (Lipinski definition) is 0. The number of terminal acetylenes is 1. The molecule has 0 bridgehead atoms. The average Bonchev–Trinajstić information content (AvgIpc) is 2.29. The van der Waals surface area contributed by atoms with Gasteiger partial charge in [0.05, 0.1) is 20.1 Å². The highest BCUT2D eigenvalue weighted by molar-refractivity contribution is 5.79. The van der Waals surface area contributed by atoms with Crippen molar-refractivity contribution in [3.05, 3.63) is 29.6 Å². The Morgan fingerprint density at radius 1 is 1.59 bits per heavy atom. The zero-order valence-electron chi connectivity index (χ0n) is 9.87. The maximum atomic E-state index is 13.1. The van der Waals surface area contributed by atoms with Gasteiger partial charge in [0.25, 0.3) is 0 Å². The predicted octanol–water partition coefficient (Wildman–Crippen LogP) is 1.47. The second-order valence-electron chi connectivity index (χ2n) is 3.59. The Bertz CT molecular complexity index is 451. The molecular formula is C13H14FNO2. The van der Waals surface area contributed by atoms with Gasteiger partial charge < -0.3 is 9.64 Å². The molecule has 0 aliphatic rings. The SMILES string of the molecule is C#CCN(C)C(=O)Cc1cc(F)ccc1OC. The Balaban J connectivity index is 2.84. The highest BCUT2D eigenvalue weighted by Crippen LogP contribution is 2.20. The molecule has 0 N–H and O–H groups in total. The molecule has 0 aliphatic heterocycles. The minimum atomic E-state index is -0.395. The Kier molecular flexibility index (Phi) is 4.53. The molecule has 0 saturated heterocycles. The van der Waals surface area contributed by atoms with E-state index < -0.39 is 5.82 Å². The van der Waals surface area contributed by atoms with Crippen molar-refractivity contribution in [2.45, 2.75) is 6.42 Å². The Morgan fingerprint density at radius 2 is 2.29 bits per heavy atom. The van der Waals surface area contributed by atoms with Crippen LogP contribution in [0, 0.1) is 18.2 Å². The van der Waals surface area contributed by atoms with Gasteiger partial charge in [0.1, 0.15) is 11.6 Å². The molecule has 17 heavy (non-hydrogen) atoms. The third kappa shape index (κ3) is 3.49. The van der Waals surface area contributed by atoms with E-state index in [0.29, 0.717) is 11.3 Å². The molecule has 1 aromatic carbocycles. The number of carbonyl (C=O) groups excluding carboxylic acids is 1. The molecule has 90 valence electrons. The summed E-state index contributed by atoms with van der Waals surface area (Å²) < 4.78 is 18.1. The van der Waals surface area contributed by atoms with Crippen LogP contribution in [0.15, 0.2) is 18.2 Å². The lowest BCUT2D eigenvalue weighted by Gasteiger charge is -2.15. The molecule has 0 heterocycles. The topological polar surface area (TPSA) is 29.5 Å². The third-order valence-electron chi connectivity index (χ3n) is 2.34. The van der Waals surface area contributed by atoms with Gasteiger partial charge in [-0.1, -0.05) is 5.92 Å². The molecule has 0 radical (unpaired) electrons. The quantitative estimate of drug-likeness (QED) is 0.740.